The lowest BCUT2D eigenvalue weighted by atomic mass is 10.1. The van der Waals surface area contributed by atoms with Crippen LogP contribution in [0.3, 0.4) is 0 Å². The first-order valence-corrected chi connectivity index (χ1v) is 9.99. The molecule has 28 heavy (non-hydrogen) atoms. The third-order valence-electron chi connectivity index (χ3n) is 4.77. The van der Waals surface area contributed by atoms with E-state index in [4.69, 9.17) is 5.26 Å². The molecule has 150 valence electrons. The zero-order valence-electron chi connectivity index (χ0n) is 15.8. The first-order valence-electron chi connectivity index (χ1n) is 9.11. The molecule has 1 saturated heterocycles. The number of hydrogen-bond acceptors (Lipinski definition) is 4. The minimum absolute atomic E-state index is 0. The van der Waals surface area contributed by atoms with Gasteiger partial charge in [0, 0.05) is 30.6 Å². The van der Waals surface area contributed by atoms with Crippen molar-refractivity contribution in [2.45, 2.75) is 25.4 Å². The Bertz CT molecular complexity index is 812. The topological polar surface area (TPSA) is 63.5 Å². The standard InChI is InChI=1S/C20H24FN5S.HI/c1-23-20(24-13-16-7-6-15(12-22)11-17(16)21)25-14-18(19-5-4-10-27-19)26-8-2-3-9-26;/h4-7,10-11,18H,2-3,8-9,13-14H2,1H3,(H2,23,24,25);1H. The molecule has 1 aliphatic rings. The van der Waals surface area contributed by atoms with E-state index in [1.165, 1.54) is 23.8 Å². The van der Waals surface area contributed by atoms with Crippen LogP contribution in [0.4, 0.5) is 4.39 Å². The smallest absolute Gasteiger partial charge is 0.191 e. The fourth-order valence-electron chi connectivity index (χ4n) is 3.30. The molecule has 5 nitrogen and oxygen atoms in total. The molecule has 2 aromatic rings. The van der Waals surface area contributed by atoms with Gasteiger partial charge in [-0.3, -0.25) is 9.89 Å². The van der Waals surface area contributed by atoms with Crippen molar-refractivity contribution in [1.29, 1.82) is 5.26 Å². The number of nitrogens with one attached hydrogen (secondary N) is 2. The molecule has 0 bridgehead atoms. The minimum atomic E-state index is -0.384. The normalized spacial score (nSPS) is 15.5. The van der Waals surface area contributed by atoms with Gasteiger partial charge in [-0.1, -0.05) is 12.1 Å². The quantitative estimate of drug-likeness (QED) is 0.350. The summed E-state index contributed by atoms with van der Waals surface area (Å²) >= 11 is 1.77. The van der Waals surface area contributed by atoms with Gasteiger partial charge in [0.25, 0.3) is 0 Å². The van der Waals surface area contributed by atoms with Crippen LogP contribution in [0.1, 0.15) is 34.9 Å². The van der Waals surface area contributed by atoms with Crippen molar-refractivity contribution >= 4 is 41.3 Å². The summed E-state index contributed by atoms with van der Waals surface area (Å²) in [7, 11) is 1.71. The Hall–Kier alpha value is -1.70. The Labute approximate surface area is 186 Å². The summed E-state index contributed by atoms with van der Waals surface area (Å²) in [4.78, 5) is 8.10. The number of guanidine groups is 1. The number of halogens is 2. The van der Waals surface area contributed by atoms with Crippen molar-refractivity contribution in [2.75, 3.05) is 26.7 Å². The Morgan fingerprint density at radius 2 is 2.11 bits per heavy atom. The molecule has 0 amide bonds. The summed E-state index contributed by atoms with van der Waals surface area (Å²) in [6.07, 6.45) is 2.49. The van der Waals surface area contributed by atoms with Crippen LogP contribution in [-0.4, -0.2) is 37.5 Å². The maximum Gasteiger partial charge on any atom is 0.191 e. The molecule has 1 atom stereocenters. The van der Waals surface area contributed by atoms with E-state index in [1.807, 2.05) is 6.07 Å². The van der Waals surface area contributed by atoms with Gasteiger partial charge in [-0.05, 0) is 49.5 Å². The Morgan fingerprint density at radius 1 is 1.32 bits per heavy atom. The molecule has 2 heterocycles. The van der Waals surface area contributed by atoms with Gasteiger partial charge >= 0.3 is 0 Å². The summed E-state index contributed by atoms with van der Waals surface area (Å²) in [6.45, 7) is 3.29. The van der Waals surface area contributed by atoms with Gasteiger partial charge in [0.15, 0.2) is 5.96 Å². The second-order valence-corrected chi connectivity index (χ2v) is 7.48. The third kappa shape index (κ3) is 5.90. The molecule has 1 fully saturated rings. The summed E-state index contributed by atoms with van der Waals surface area (Å²) in [6, 6.07) is 11.0. The molecule has 0 saturated carbocycles. The summed E-state index contributed by atoms with van der Waals surface area (Å²) in [5, 5.41) is 17.5. The Kier molecular flexibility index (Phi) is 9.15. The average Bonchev–Trinajstić information content (AvgIpc) is 3.39. The van der Waals surface area contributed by atoms with E-state index in [1.54, 1.807) is 30.5 Å². The maximum atomic E-state index is 14.0. The predicted molar refractivity (Wildman–Crippen MR) is 123 cm³/mol. The van der Waals surface area contributed by atoms with Gasteiger partial charge in [0.1, 0.15) is 5.82 Å². The lowest BCUT2D eigenvalue weighted by Gasteiger charge is -2.27. The van der Waals surface area contributed by atoms with Crippen LogP contribution in [0.25, 0.3) is 0 Å². The Morgan fingerprint density at radius 3 is 2.71 bits per heavy atom. The van der Waals surface area contributed by atoms with Crippen LogP contribution in [0, 0.1) is 17.1 Å². The zero-order valence-corrected chi connectivity index (χ0v) is 19.0. The number of benzene rings is 1. The van der Waals surface area contributed by atoms with E-state index in [2.05, 4.69) is 38.0 Å². The number of nitriles is 1. The van der Waals surface area contributed by atoms with Gasteiger partial charge in [-0.25, -0.2) is 4.39 Å². The molecule has 1 unspecified atom stereocenters. The number of rotatable bonds is 6. The van der Waals surface area contributed by atoms with E-state index in [9.17, 15) is 4.39 Å². The van der Waals surface area contributed by atoms with Crippen molar-refractivity contribution in [1.82, 2.24) is 15.5 Å². The van der Waals surface area contributed by atoms with Crippen molar-refractivity contribution < 1.29 is 4.39 Å². The molecule has 8 heteroatoms. The van der Waals surface area contributed by atoms with Gasteiger partial charge in [0.05, 0.1) is 17.7 Å². The fourth-order valence-corrected chi connectivity index (χ4v) is 4.16. The van der Waals surface area contributed by atoms with E-state index >= 15 is 0 Å². The van der Waals surface area contributed by atoms with Gasteiger partial charge < -0.3 is 10.6 Å². The van der Waals surface area contributed by atoms with Crippen LogP contribution < -0.4 is 10.6 Å². The maximum absolute atomic E-state index is 14.0. The predicted octanol–water partition coefficient (Wildman–Crippen LogP) is 3.88. The van der Waals surface area contributed by atoms with E-state index < -0.39 is 0 Å². The highest BCUT2D eigenvalue weighted by Gasteiger charge is 2.24. The number of likely N-dealkylation sites (tertiary alicyclic amines) is 1. The van der Waals surface area contributed by atoms with Crippen molar-refractivity contribution in [3.8, 4) is 6.07 Å². The number of aliphatic imine (C=N–C) groups is 1. The molecule has 1 aromatic carbocycles. The SMILES string of the molecule is CN=C(NCc1ccc(C#N)cc1F)NCC(c1cccs1)N1CCCC1.I. The van der Waals surface area contributed by atoms with E-state index in [-0.39, 0.29) is 29.8 Å². The molecular weight excluding hydrogens is 488 g/mol. The second kappa shape index (κ2) is 11.3. The monoisotopic (exact) mass is 513 g/mol. The molecule has 0 spiro atoms. The highest BCUT2D eigenvalue weighted by molar-refractivity contribution is 14.0. The molecule has 0 radical (unpaired) electrons. The van der Waals surface area contributed by atoms with Crippen LogP contribution in [0.5, 0.6) is 0 Å². The lowest BCUT2D eigenvalue weighted by molar-refractivity contribution is 0.249. The summed E-state index contributed by atoms with van der Waals surface area (Å²) in [5.74, 6) is 0.255. The van der Waals surface area contributed by atoms with Crippen molar-refractivity contribution in [3.05, 3.63) is 57.5 Å². The van der Waals surface area contributed by atoms with Crippen molar-refractivity contribution in [2.24, 2.45) is 4.99 Å². The van der Waals surface area contributed by atoms with Crippen LogP contribution >= 0.6 is 35.3 Å². The first-order chi connectivity index (χ1) is 13.2. The Balaban J connectivity index is 0.00000280. The highest BCUT2D eigenvalue weighted by Crippen LogP contribution is 2.27. The van der Waals surface area contributed by atoms with Gasteiger partial charge in [-0.2, -0.15) is 5.26 Å². The number of thiophene rings is 1. The zero-order chi connectivity index (χ0) is 19.1. The van der Waals surface area contributed by atoms with Crippen LogP contribution in [0.15, 0.2) is 40.7 Å². The fraction of sp³-hybridized carbons (Fsp3) is 0.400. The largest absolute Gasteiger partial charge is 0.354 e. The van der Waals surface area contributed by atoms with Gasteiger partial charge in [0.2, 0.25) is 0 Å². The molecule has 1 aromatic heterocycles. The summed E-state index contributed by atoms with van der Waals surface area (Å²) < 4.78 is 14.0. The molecular formula is C20H25FIN5S. The second-order valence-electron chi connectivity index (χ2n) is 6.50. The average molecular weight is 513 g/mol. The number of nitrogens with zero attached hydrogens (tertiary/aromatic N) is 3. The summed E-state index contributed by atoms with van der Waals surface area (Å²) in [5.41, 5.74) is 0.828. The first kappa shape index (κ1) is 22.6. The molecule has 0 aliphatic carbocycles. The van der Waals surface area contributed by atoms with Crippen LogP contribution in [0.2, 0.25) is 0 Å². The van der Waals surface area contributed by atoms with Gasteiger partial charge in [-0.15, -0.1) is 35.3 Å². The third-order valence-corrected chi connectivity index (χ3v) is 5.74. The molecule has 3 rings (SSSR count). The van der Waals surface area contributed by atoms with E-state index in [0.717, 1.165) is 19.6 Å². The minimum Gasteiger partial charge on any atom is -0.354 e. The van der Waals surface area contributed by atoms with E-state index in [0.29, 0.717) is 29.7 Å². The number of hydrogen-bond donors (Lipinski definition) is 2. The lowest BCUT2D eigenvalue weighted by Crippen LogP contribution is -2.42. The molecule has 2 N–H and O–H groups in total. The highest BCUT2D eigenvalue weighted by atomic mass is 127. The van der Waals surface area contributed by atoms with Crippen LogP contribution in [-0.2, 0) is 6.54 Å². The molecule has 1 aliphatic heterocycles. The van der Waals surface area contributed by atoms with Crippen molar-refractivity contribution in [3.63, 3.8) is 0 Å².